The number of nitrogens with zero attached hydrogens (tertiary/aromatic N) is 3. The van der Waals surface area contributed by atoms with Gasteiger partial charge < -0.3 is 10.6 Å². The van der Waals surface area contributed by atoms with Gasteiger partial charge >= 0.3 is 12.1 Å². The smallest absolute Gasteiger partial charge is 0.321 e. The molecule has 0 aromatic carbocycles. The van der Waals surface area contributed by atoms with Crippen LogP contribution in [0.4, 0.5) is 9.59 Å². The van der Waals surface area contributed by atoms with Gasteiger partial charge in [0.05, 0.1) is 5.75 Å². The van der Waals surface area contributed by atoms with E-state index in [1.54, 1.807) is 22.7 Å². The van der Waals surface area contributed by atoms with Crippen LogP contribution in [-0.2, 0) is 29.0 Å². The lowest BCUT2D eigenvalue weighted by Gasteiger charge is -2.08. The molecule has 0 aliphatic rings. The van der Waals surface area contributed by atoms with Gasteiger partial charge in [-0.1, -0.05) is 23.9 Å². The number of thiophene rings is 2. The van der Waals surface area contributed by atoms with Crippen molar-refractivity contribution >= 4 is 58.3 Å². The normalized spacial score (nSPS) is 10.5. The van der Waals surface area contributed by atoms with Crippen LogP contribution in [0.2, 0.25) is 0 Å². The molecule has 0 saturated heterocycles. The summed E-state index contributed by atoms with van der Waals surface area (Å²) in [6.45, 7) is 0.625. The van der Waals surface area contributed by atoms with E-state index >= 15 is 0 Å². The van der Waals surface area contributed by atoms with Crippen molar-refractivity contribution in [1.82, 2.24) is 36.0 Å². The Labute approximate surface area is 207 Å². The Morgan fingerprint density at radius 2 is 1.47 bits per heavy atom. The molecule has 0 aliphatic heterocycles. The van der Waals surface area contributed by atoms with Crippen LogP contribution >= 0.6 is 34.4 Å². The monoisotopic (exact) mass is 521 g/mol. The second-order valence-corrected chi connectivity index (χ2v) is 9.80. The van der Waals surface area contributed by atoms with Crippen molar-refractivity contribution in [3.63, 3.8) is 0 Å². The van der Waals surface area contributed by atoms with E-state index in [9.17, 15) is 19.2 Å². The minimum Gasteiger partial charge on any atom is -0.337 e. The number of hydrogen-bond donors (Lipinski definition) is 4. The maximum Gasteiger partial charge on any atom is 0.321 e. The first kappa shape index (κ1) is 25.4. The highest BCUT2D eigenvalue weighted by molar-refractivity contribution is 7.99. The van der Waals surface area contributed by atoms with E-state index < -0.39 is 23.9 Å². The summed E-state index contributed by atoms with van der Waals surface area (Å²) in [6, 6.07) is 6.65. The molecule has 0 aliphatic carbocycles. The van der Waals surface area contributed by atoms with Gasteiger partial charge in [-0.25, -0.2) is 9.59 Å². The molecule has 180 valence electrons. The lowest BCUT2D eigenvalue weighted by atomic mass is 10.3. The number of thioether (sulfide) groups is 1. The molecule has 11 nitrogen and oxygen atoms in total. The van der Waals surface area contributed by atoms with Gasteiger partial charge in [-0.15, -0.1) is 32.9 Å². The molecule has 0 saturated carbocycles. The zero-order valence-corrected chi connectivity index (χ0v) is 20.4. The predicted octanol–water partition coefficient (Wildman–Crippen LogP) is 1.63. The number of imide groups is 2. The minimum atomic E-state index is -0.590. The number of carbonyl (C=O) groups is 4. The second kappa shape index (κ2) is 13.5. The van der Waals surface area contributed by atoms with Gasteiger partial charge in [0.15, 0.2) is 5.16 Å². The molecule has 3 aromatic heterocycles. The number of carbonyl (C=O) groups excluding carboxylic acids is 4. The highest BCUT2D eigenvalue weighted by Gasteiger charge is 2.14. The molecule has 0 spiro atoms. The Balaban J connectivity index is 1.33. The Bertz CT molecular complexity index is 1080. The number of hydrogen-bond acceptors (Lipinski definition) is 9. The van der Waals surface area contributed by atoms with E-state index in [1.807, 2.05) is 35.0 Å². The highest BCUT2D eigenvalue weighted by atomic mass is 32.2. The molecule has 0 unspecified atom stereocenters. The number of aromatic nitrogens is 3. The average Bonchev–Trinajstić information content (AvgIpc) is 3.56. The van der Waals surface area contributed by atoms with Gasteiger partial charge in [-0.05, 0) is 35.7 Å². The Morgan fingerprint density at radius 1 is 0.882 bits per heavy atom. The second-order valence-electron chi connectivity index (χ2n) is 6.80. The van der Waals surface area contributed by atoms with Crippen molar-refractivity contribution in [2.24, 2.45) is 0 Å². The van der Waals surface area contributed by atoms with Crippen molar-refractivity contribution in [2.75, 3.05) is 18.8 Å². The topological polar surface area (TPSA) is 147 Å². The molecule has 14 heteroatoms. The molecule has 3 rings (SSSR count). The van der Waals surface area contributed by atoms with E-state index in [0.717, 1.165) is 21.5 Å². The molecule has 0 fully saturated rings. The molecule has 6 amide bonds. The van der Waals surface area contributed by atoms with Gasteiger partial charge in [0.1, 0.15) is 12.9 Å². The Hall–Kier alpha value is -3.23. The van der Waals surface area contributed by atoms with Gasteiger partial charge in [0, 0.05) is 22.8 Å². The van der Waals surface area contributed by atoms with Gasteiger partial charge in [0.25, 0.3) is 0 Å². The summed E-state index contributed by atoms with van der Waals surface area (Å²) in [5.74, 6) is -1.16. The van der Waals surface area contributed by atoms with Crippen molar-refractivity contribution < 1.29 is 19.2 Å². The summed E-state index contributed by atoms with van der Waals surface area (Å²) < 4.78 is 1.41. The van der Waals surface area contributed by atoms with Crippen LogP contribution in [0.1, 0.15) is 9.75 Å². The van der Waals surface area contributed by atoms with Crippen molar-refractivity contribution in [3.05, 3.63) is 51.1 Å². The molecule has 0 radical (unpaired) electrons. The molecular weight excluding hydrogens is 498 g/mol. The van der Waals surface area contributed by atoms with Gasteiger partial charge in [0.2, 0.25) is 11.8 Å². The fraction of sp³-hybridized carbons (Fsp3) is 0.300. The first-order chi connectivity index (χ1) is 16.5. The van der Waals surface area contributed by atoms with Crippen LogP contribution in [0, 0.1) is 0 Å². The lowest BCUT2D eigenvalue weighted by Crippen LogP contribution is -2.41. The predicted molar refractivity (Wildman–Crippen MR) is 130 cm³/mol. The van der Waals surface area contributed by atoms with Gasteiger partial charge in [-0.3, -0.25) is 24.8 Å². The van der Waals surface area contributed by atoms with Crippen LogP contribution < -0.4 is 21.3 Å². The lowest BCUT2D eigenvalue weighted by molar-refractivity contribution is -0.120. The Kier molecular flexibility index (Phi) is 10.1. The molecule has 0 bridgehead atoms. The van der Waals surface area contributed by atoms with Crippen LogP contribution in [0.15, 0.2) is 46.5 Å². The third kappa shape index (κ3) is 8.96. The van der Waals surface area contributed by atoms with E-state index in [2.05, 4.69) is 31.5 Å². The number of amides is 6. The van der Waals surface area contributed by atoms with Crippen molar-refractivity contribution in [3.8, 4) is 0 Å². The number of rotatable bonds is 11. The van der Waals surface area contributed by atoms with Crippen LogP contribution in [0.3, 0.4) is 0 Å². The molecule has 3 heterocycles. The Morgan fingerprint density at radius 3 is 2.03 bits per heavy atom. The summed E-state index contributed by atoms with van der Waals surface area (Å²) in [7, 11) is 0. The summed E-state index contributed by atoms with van der Waals surface area (Å²) in [5, 5.41) is 21.6. The highest BCUT2D eigenvalue weighted by Crippen LogP contribution is 2.14. The van der Waals surface area contributed by atoms with Crippen molar-refractivity contribution in [2.45, 2.75) is 24.5 Å². The fourth-order valence-electron chi connectivity index (χ4n) is 2.67. The van der Waals surface area contributed by atoms with Crippen molar-refractivity contribution in [1.29, 1.82) is 0 Å². The average molecular weight is 522 g/mol. The maximum atomic E-state index is 12.1. The van der Waals surface area contributed by atoms with Crippen LogP contribution in [0.25, 0.3) is 0 Å². The zero-order valence-electron chi connectivity index (χ0n) is 18.0. The standard InChI is InChI=1S/C20H23N7O4S3/c28-16(24-18(30)21-7-5-14-3-1-9-32-14)11-27-13-23-26-20(27)34-12-17(29)25-19(31)22-8-6-15-4-2-10-33-15/h1-4,9-10,13H,5-8,11-12H2,(H2,21,24,28,30)(H2,22,25,29,31). The molecule has 0 atom stereocenters. The van der Waals surface area contributed by atoms with E-state index in [0.29, 0.717) is 31.1 Å². The molecule has 3 aromatic rings. The van der Waals surface area contributed by atoms with E-state index in [1.165, 1.54) is 10.9 Å². The molecular formula is C20H23N7O4S3. The summed E-state index contributed by atoms with van der Waals surface area (Å²) in [4.78, 5) is 50.2. The zero-order chi connectivity index (χ0) is 24.2. The van der Waals surface area contributed by atoms with Gasteiger partial charge in [-0.2, -0.15) is 0 Å². The largest absolute Gasteiger partial charge is 0.337 e. The molecule has 34 heavy (non-hydrogen) atoms. The molecule has 4 N–H and O–H groups in total. The third-order valence-corrected chi connectivity index (χ3v) is 7.06. The van der Waals surface area contributed by atoms with E-state index in [-0.39, 0.29) is 12.3 Å². The first-order valence-electron chi connectivity index (χ1n) is 10.2. The quantitative estimate of drug-likeness (QED) is 0.280. The minimum absolute atomic E-state index is 0.0954. The summed E-state index contributed by atoms with van der Waals surface area (Å²) in [6.07, 6.45) is 2.69. The summed E-state index contributed by atoms with van der Waals surface area (Å²) in [5.41, 5.74) is 0. The summed E-state index contributed by atoms with van der Waals surface area (Å²) >= 11 is 4.21. The van der Waals surface area contributed by atoms with E-state index in [4.69, 9.17) is 0 Å². The maximum absolute atomic E-state index is 12.1. The third-order valence-electron chi connectivity index (χ3n) is 4.21. The number of nitrogens with one attached hydrogen (secondary N) is 4. The van der Waals surface area contributed by atoms with Crippen LogP contribution in [0.5, 0.6) is 0 Å². The fourth-order valence-corrected chi connectivity index (χ4v) is 4.81. The SMILES string of the molecule is O=C(CSc1nncn1CC(=O)NC(=O)NCCc1cccs1)NC(=O)NCCc1cccs1. The first-order valence-corrected chi connectivity index (χ1v) is 12.9. The number of urea groups is 2. The van der Waals surface area contributed by atoms with Crippen LogP contribution in [-0.4, -0.2) is 57.5 Å².